The number of aliphatic hydroxyl groups excluding tert-OH is 1. The standard InChI is InChI=1S/C32H30N2O6S/c1-5-38-24-12-8-19(16-25(24)39-6-2)28-27(29(35)20-9-11-23-21(15-20)14-18(4)40-23)30(36)31(37)34(28)32-33-22-10-7-17(3)13-26(22)41-32/h7-13,15-16,18,28,35H,5-6,14H2,1-4H3/b29-27+/t18-,28-/m1/s1. The van der Waals surface area contributed by atoms with Crippen LogP contribution in [-0.4, -0.2) is 41.1 Å². The number of anilines is 1. The molecule has 3 heterocycles. The number of nitrogens with zero attached hydrogens (tertiary/aromatic N) is 2. The minimum absolute atomic E-state index is 0.0102. The van der Waals surface area contributed by atoms with Crippen LogP contribution < -0.4 is 19.1 Å². The number of hydrogen-bond acceptors (Lipinski definition) is 8. The van der Waals surface area contributed by atoms with Gasteiger partial charge in [-0.1, -0.05) is 23.5 Å². The maximum Gasteiger partial charge on any atom is 0.301 e. The molecule has 6 rings (SSSR count). The van der Waals surface area contributed by atoms with Crippen LogP contribution in [0.3, 0.4) is 0 Å². The fraction of sp³-hybridized carbons (Fsp3) is 0.281. The largest absolute Gasteiger partial charge is 0.507 e. The number of fused-ring (bicyclic) bond motifs is 2. The molecular formula is C32H30N2O6S. The van der Waals surface area contributed by atoms with Crippen molar-refractivity contribution in [2.75, 3.05) is 18.1 Å². The highest BCUT2D eigenvalue weighted by Crippen LogP contribution is 2.46. The molecule has 0 unspecified atom stereocenters. The maximum absolute atomic E-state index is 13.7. The van der Waals surface area contributed by atoms with E-state index < -0.39 is 17.7 Å². The molecule has 3 aromatic carbocycles. The second kappa shape index (κ2) is 10.6. The van der Waals surface area contributed by atoms with Gasteiger partial charge >= 0.3 is 5.91 Å². The second-order valence-electron chi connectivity index (χ2n) is 10.2. The number of ketones is 1. The van der Waals surface area contributed by atoms with E-state index in [1.54, 1.807) is 30.3 Å². The zero-order chi connectivity index (χ0) is 28.8. The predicted molar refractivity (Wildman–Crippen MR) is 158 cm³/mol. The minimum atomic E-state index is -0.935. The third-order valence-corrected chi connectivity index (χ3v) is 8.25. The first-order valence-electron chi connectivity index (χ1n) is 13.7. The predicted octanol–water partition coefficient (Wildman–Crippen LogP) is 6.35. The molecule has 2 atom stereocenters. The molecule has 0 radical (unpaired) electrons. The Kier molecular flexibility index (Phi) is 6.91. The number of aliphatic hydroxyl groups is 1. The highest BCUT2D eigenvalue weighted by atomic mass is 32.1. The van der Waals surface area contributed by atoms with Crippen LogP contribution in [0, 0.1) is 6.92 Å². The van der Waals surface area contributed by atoms with E-state index in [9.17, 15) is 14.7 Å². The lowest BCUT2D eigenvalue weighted by Crippen LogP contribution is -2.29. The van der Waals surface area contributed by atoms with Gasteiger partial charge in [-0.3, -0.25) is 14.5 Å². The second-order valence-corrected chi connectivity index (χ2v) is 11.2. The average Bonchev–Trinajstić information content (AvgIpc) is 3.61. The molecule has 41 heavy (non-hydrogen) atoms. The highest BCUT2D eigenvalue weighted by molar-refractivity contribution is 7.22. The summed E-state index contributed by atoms with van der Waals surface area (Å²) >= 11 is 1.33. The van der Waals surface area contributed by atoms with Crippen molar-refractivity contribution in [2.24, 2.45) is 0 Å². The summed E-state index contributed by atoms with van der Waals surface area (Å²) < 4.78 is 18.3. The third kappa shape index (κ3) is 4.70. The number of carbonyl (C=O) groups excluding carboxylic acids is 2. The van der Waals surface area contributed by atoms with Gasteiger partial charge in [0.05, 0.1) is 35.0 Å². The summed E-state index contributed by atoms with van der Waals surface area (Å²) in [5.41, 5.74) is 3.75. The van der Waals surface area contributed by atoms with E-state index in [-0.39, 0.29) is 17.4 Å². The van der Waals surface area contributed by atoms with Gasteiger partial charge in [-0.25, -0.2) is 4.98 Å². The van der Waals surface area contributed by atoms with E-state index in [2.05, 4.69) is 0 Å². The van der Waals surface area contributed by atoms with E-state index in [1.165, 1.54) is 16.2 Å². The van der Waals surface area contributed by atoms with Gasteiger partial charge in [0.1, 0.15) is 17.6 Å². The summed E-state index contributed by atoms with van der Waals surface area (Å²) in [7, 11) is 0. The average molecular weight is 571 g/mol. The van der Waals surface area contributed by atoms with Gasteiger partial charge in [0.15, 0.2) is 16.6 Å². The van der Waals surface area contributed by atoms with Crippen molar-refractivity contribution in [3.8, 4) is 17.2 Å². The first-order chi connectivity index (χ1) is 19.8. The Hall–Kier alpha value is -4.37. The minimum Gasteiger partial charge on any atom is -0.507 e. The lowest BCUT2D eigenvalue weighted by atomic mass is 9.94. The van der Waals surface area contributed by atoms with E-state index in [4.69, 9.17) is 19.2 Å². The van der Waals surface area contributed by atoms with Crippen LogP contribution in [0.1, 0.15) is 49.1 Å². The lowest BCUT2D eigenvalue weighted by Gasteiger charge is -2.24. The summed E-state index contributed by atoms with van der Waals surface area (Å²) in [5, 5.41) is 12.0. The number of Topliss-reactive ketones (excluding diaryl/α,β-unsaturated/α-hetero) is 1. The number of rotatable bonds is 7. The van der Waals surface area contributed by atoms with Gasteiger partial charge < -0.3 is 19.3 Å². The molecule has 1 amide bonds. The van der Waals surface area contributed by atoms with Gasteiger partial charge in [0.25, 0.3) is 5.78 Å². The summed E-state index contributed by atoms with van der Waals surface area (Å²) in [6.45, 7) is 8.57. The van der Waals surface area contributed by atoms with Crippen molar-refractivity contribution in [3.63, 3.8) is 0 Å². The Balaban J connectivity index is 1.55. The fourth-order valence-corrected chi connectivity index (χ4v) is 6.52. The lowest BCUT2D eigenvalue weighted by molar-refractivity contribution is -0.132. The molecule has 9 heteroatoms. The topological polar surface area (TPSA) is 98.2 Å². The van der Waals surface area contributed by atoms with Gasteiger partial charge in [-0.05, 0) is 86.8 Å². The van der Waals surface area contributed by atoms with Gasteiger partial charge in [0.2, 0.25) is 0 Å². The van der Waals surface area contributed by atoms with Crippen molar-refractivity contribution in [3.05, 3.63) is 82.4 Å². The first-order valence-corrected chi connectivity index (χ1v) is 14.5. The van der Waals surface area contributed by atoms with Crippen LogP contribution in [-0.2, 0) is 16.0 Å². The van der Waals surface area contributed by atoms with Crippen LogP contribution in [0.25, 0.3) is 16.0 Å². The summed E-state index contributed by atoms with van der Waals surface area (Å²) in [4.78, 5) is 33.5. The maximum atomic E-state index is 13.7. The molecule has 1 N–H and O–H groups in total. The monoisotopic (exact) mass is 570 g/mol. The quantitative estimate of drug-likeness (QED) is 0.157. The number of aryl methyl sites for hydroxylation is 1. The molecule has 8 nitrogen and oxygen atoms in total. The number of aromatic nitrogens is 1. The van der Waals surface area contributed by atoms with Crippen molar-refractivity contribution < 1.29 is 28.9 Å². The summed E-state index contributed by atoms with van der Waals surface area (Å²) in [6.07, 6.45) is 0.715. The van der Waals surface area contributed by atoms with Crippen LogP contribution in [0.15, 0.2) is 60.2 Å². The number of ether oxygens (including phenoxy) is 3. The molecule has 0 saturated carbocycles. The van der Waals surface area contributed by atoms with E-state index in [0.29, 0.717) is 47.4 Å². The highest BCUT2D eigenvalue weighted by Gasteiger charge is 2.48. The molecular weight excluding hydrogens is 540 g/mol. The third-order valence-electron chi connectivity index (χ3n) is 7.24. The summed E-state index contributed by atoms with van der Waals surface area (Å²) in [5.74, 6) is 0.0159. The number of carbonyl (C=O) groups is 2. The van der Waals surface area contributed by atoms with Crippen LogP contribution in [0.2, 0.25) is 0 Å². The fourth-order valence-electron chi connectivity index (χ4n) is 5.43. The van der Waals surface area contributed by atoms with Gasteiger partial charge in [0, 0.05) is 12.0 Å². The Bertz CT molecular complexity index is 1720. The van der Waals surface area contributed by atoms with E-state index in [0.717, 1.165) is 27.1 Å². The number of hydrogen-bond donors (Lipinski definition) is 1. The molecule has 210 valence electrons. The SMILES string of the molecule is CCOc1ccc([C@@H]2/C(=C(\O)c3ccc4c(c3)C[C@@H](C)O4)C(=O)C(=O)N2c2nc3ccc(C)cc3s2)cc1OCC. The van der Waals surface area contributed by atoms with E-state index in [1.807, 2.05) is 52.0 Å². The normalized spacial score (nSPS) is 19.5. The van der Waals surface area contributed by atoms with Crippen molar-refractivity contribution in [1.82, 2.24) is 4.98 Å². The summed E-state index contributed by atoms with van der Waals surface area (Å²) in [6, 6.07) is 15.6. The van der Waals surface area contributed by atoms with Crippen molar-refractivity contribution in [2.45, 2.75) is 46.3 Å². The van der Waals surface area contributed by atoms with Crippen LogP contribution in [0.4, 0.5) is 5.13 Å². The Morgan fingerprint density at radius 3 is 2.61 bits per heavy atom. The van der Waals surface area contributed by atoms with Gasteiger partial charge in [-0.15, -0.1) is 0 Å². The van der Waals surface area contributed by atoms with Crippen LogP contribution in [0.5, 0.6) is 17.2 Å². The molecule has 0 bridgehead atoms. The van der Waals surface area contributed by atoms with Crippen LogP contribution >= 0.6 is 11.3 Å². The Labute approximate surface area is 241 Å². The first kappa shape index (κ1) is 26.8. The zero-order valence-electron chi connectivity index (χ0n) is 23.3. The molecule has 1 aromatic heterocycles. The molecule has 0 aliphatic carbocycles. The van der Waals surface area contributed by atoms with Gasteiger partial charge in [-0.2, -0.15) is 0 Å². The molecule has 1 saturated heterocycles. The van der Waals surface area contributed by atoms with Crippen molar-refractivity contribution in [1.29, 1.82) is 0 Å². The Morgan fingerprint density at radius 2 is 1.83 bits per heavy atom. The smallest absolute Gasteiger partial charge is 0.301 e. The van der Waals surface area contributed by atoms with E-state index >= 15 is 0 Å². The Morgan fingerprint density at radius 1 is 1.05 bits per heavy atom. The number of benzene rings is 3. The molecule has 2 aliphatic heterocycles. The molecule has 4 aromatic rings. The van der Waals surface area contributed by atoms with Crippen molar-refractivity contribution >= 4 is 44.1 Å². The molecule has 2 aliphatic rings. The number of thiazole rings is 1. The molecule has 1 fully saturated rings. The molecule has 0 spiro atoms. The zero-order valence-corrected chi connectivity index (χ0v) is 24.1. The number of amides is 1.